The molecule has 1 atom stereocenters. The smallest absolute Gasteiger partial charge is 0.252 e. The van der Waals surface area contributed by atoms with Gasteiger partial charge in [-0.1, -0.05) is 47.5 Å². The zero-order valence-electron chi connectivity index (χ0n) is 13.9. The molecule has 25 heavy (non-hydrogen) atoms. The molecule has 2 aliphatic rings. The number of nitrogens with zero attached hydrogens (tertiary/aromatic N) is 2. The van der Waals surface area contributed by atoms with Crippen LogP contribution in [0.15, 0.2) is 53.0 Å². The van der Waals surface area contributed by atoms with E-state index in [9.17, 15) is 4.79 Å². The fraction of sp³-hybridized carbons (Fsp3) is 0.200. The van der Waals surface area contributed by atoms with Gasteiger partial charge in [0.2, 0.25) is 0 Å². The molecule has 2 heterocycles. The van der Waals surface area contributed by atoms with E-state index in [0.29, 0.717) is 16.6 Å². The Kier molecular flexibility index (Phi) is 3.94. The second-order valence-corrected chi connectivity index (χ2v) is 7.16. The van der Waals surface area contributed by atoms with Gasteiger partial charge < -0.3 is 4.90 Å². The highest BCUT2D eigenvalue weighted by atomic mass is 35.5. The first-order valence-electron chi connectivity index (χ1n) is 8.09. The van der Waals surface area contributed by atoms with E-state index in [-0.39, 0.29) is 11.9 Å². The molecule has 0 aromatic heterocycles. The number of fused-ring (bicyclic) bond motifs is 2. The van der Waals surface area contributed by atoms with E-state index in [2.05, 4.69) is 0 Å². The minimum atomic E-state index is 0.00298. The van der Waals surface area contributed by atoms with Crippen LogP contribution in [0.25, 0.3) is 5.57 Å². The van der Waals surface area contributed by atoms with E-state index in [1.54, 1.807) is 4.90 Å². The number of likely N-dealkylation sites (N-methyl/N-ethyl adjacent to an activating group) is 1. The number of aliphatic imine (C=N–C) groups is 1. The van der Waals surface area contributed by atoms with E-state index in [1.165, 1.54) is 0 Å². The van der Waals surface area contributed by atoms with Gasteiger partial charge in [0.25, 0.3) is 5.91 Å². The van der Waals surface area contributed by atoms with Crippen molar-refractivity contribution >= 4 is 40.4 Å². The van der Waals surface area contributed by atoms with Crippen molar-refractivity contribution in [3.63, 3.8) is 0 Å². The third kappa shape index (κ3) is 2.50. The Balaban J connectivity index is 1.99. The van der Waals surface area contributed by atoms with Crippen molar-refractivity contribution in [1.29, 1.82) is 0 Å². The van der Waals surface area contributed by atoms with E-state index in [1.807, 2.05) is 56.4 Å². The molecule has 1 amide bonds. The first kappa shape index (κ1) is 16.4. The molecule has 0 saturated heterocycles. The molecule has 0 spiro atoms. The van der Waals surface area contributed by atoms with Crippen molar-refractivity contribution in [3.05, 3.63) is 74.8 Å². The lowest BCUT2D eigenvalue weighted by molar-refractivity contribution is -0.125. The second-order valence-electron chi connectivity index (χ2n) is 6.32. The number of halogens is 2. The number of rotatable bonds is 1. The van der Waals surface area contributed by atoms with Crippen molar-refractivity contribution in [2.24, 2.45) is 4.99 Å². The summed E-state index contributed by atoms with van der Waals surface area (Å²) in [5.41, 5.74) is 5.33. The molecule has 0 N–H and O–H groups in total. The second kappa shape index (κ2) is 6.01. The maximum atomic E-state index is 12.6. The highest BCUT2D eigenvalue weighted by Gasteiger charge is 2.37. The Hall–Kier alpha value is -2.10. The molecule has 0 bridgehead atoms. The van der Waals surface area contributed by atoms with Crippen LogP contribution < -0.4 is 0 Å². The topological polar surface area (TPSA) is 32.7 Å². The average Bonchev–Trinajstić information content (AvgIpc) is 2.74. The van der Waals surface area contributed by atoms with Gasteiger partial charge in [0, 0.05) is 33.8 Å². The van der Waals surface area contributed by atoms with E-state index < -0.39 is 0 Å². The van der Waals surface area contributed by atoms with E-state index >= 15 is 0 Å². The number of hydrogen-bond donors (Lipinski definition) is 0. The molecule has 3 nitrogen and oxygen atoms in total. The van der Waals surface area contributed by atoms with Crippen LogP contribution in [-0.2, 0) is 4.79 Å². The van der Waals surface area contributed by atoms with Gasteiger partial charge in [-0.3, -0.25) is 9.79 Å². The van der Waals surface area contributed by atoms with Crippen LogP contribution >= 0.6 is 23.2 Å². The molecule has 0 aliphatic carbocycles. The van der Waals surface area contributed by atoms with E-state index in [0.717, 1.165) is 33.5 Å². The minimum Gasteiger partial charge on any atom is -0.335 e. The highest BCUT2D eigenvalue weighted by molar-refractivity contribution is 6.36. The molecular formula is C20H16Cl2N2O. The fourth-order valence-corrected chi connectivity index (χ4v) is 3.96. The lowest BCUT2D eigenvalue weighted by atomic mass is 9.90. The summed E-state index contributed by atoms with van der Waals surface area (Å²) in [4.78, 5) is 19.2. The van der Waals surface area contributed by atoms with E-state index in [4.69, 9.17) is 28.2 Å². The monoisotopic (exact) mass is 370 g/mol. The summed E-state index contributed by atoms with van der Waals surface area (Å²) < 4.78 is 0. The van der Waals surface area contributed by atoms with Crippen molar-refractivity contribution in [2.75, 3.05) is 13.6 Å². The minimum absolute atomic E-state index is 0.00298. The predicted octanol–water partition coefficient (Wildman–Crippen LogP) is 4.46. The average molecular weight is 371 g/mol. The van der Waals surface area contributed by atoms with Gasteiger partial charge >= 0.3 is 0 Å². The zero-order valence-corrected chi connectivity index (χ0v) is 15.4. The molecule has 126 valence electrons. The quantitative estimate of drug-likeness (QED) is 0.729. The Morgan fingerprint density at radius 2 is 1.84 bits per heavy atom. The van der Waals surface area contributed by atoms with Gasteiger partial charge in [-0.25, -0.2) is 0 Å². The number of hydrogen-bond acceptors (Lipinski definition) is 2. The zero-order chi connectivity index (χ0) is 17.7. The lowest BCUT2D eigenvalue weighted by Gasteiger charge is -2.21. The van der Waals surface area contributed by atoms with Gasteiger partial charge in [-0.2, -0.15) is 0 Å². The van der Waals surface area contributed by atoms with Crippen molar-refractivity contribution in [3.8, 4) is 0 Å². The highest BCUT2D eigenvalue weighted by Crippen LogP contribution is 2.38. The van der Waals surface area contributed by atoms with Gasteiger partial charge in [0.15, 0.2) is 0 Å². The number of carbonyl (C=O) groups is 1. The third-order valence-corrected chi connectivity index (χ3v) is 5.52. The van der Waals surface area contributed by atoms with Crippen LogP contribution in [0.1, 0.15) is 23.6 Å². The van der Waals surface area contributed by atoms with Gasteiger partial charge in [-0.15, -0.1) is 0 Å². The van der Waals surface area contributed by atoms with Crippen LogP contribution in [0.5, 0.6) is 0 Å². The van der Waals surface area contributed by atoms with Crippen molar-refractivity contribution in [1.82, 2.24) is 4.90 Å². The third-order valence-electron chi connectivity index (χ3n) is 4.95. The summed E-state index contributed by atoms with van der Waals surface area (Å²) >= 11 is 12.7. The summed E-state index contributed by atoms with van der Waals surface area (Å²) in [6.07, 6.45) is 0. The van der Waals surface area contributed by atoms with Crippen LogP contribution in [0.3, 0.4) is 0 Å². The molecule has 4 rings (SSSR count). The van der Waals surface area contributed by atoms with Crippen molar-refractivity contribution < 1.29 is 4.79 Å². The molecule has 5 heteroatoms. The largest absolute Gasteiger partial charge is 0.335 e. The Morgan fingerprint density at radius 1 is 1.08 bits per heavy atom. The summed E-state index contributed by atoms with van der Waals surface area (Å²) in [7, 11) is 1.83. The SMILES string of the molecule is CC1C2=C(CN=C(c3ccccc3Cl)c3cc(Cl)ccc32)C(=O)N1C. The van der Waals surface area contributed by atoms with Crippen LogP contribution in [0.4, 0.5) is 0 Å². The lowest BCUT2D eigenvalue weighted by Crippen LogP contribution is -2.29. The number of carbonyl (C=O) groups excluding carboxylic acids is 1. The maximum absolute atomic E-state index is 12.6. The standard InChI is InChI=1S/C20H16Cl2N2O/c1-11-18-13-8-7-12(21)9-15(13)19(14-5-3-4-6-17(14)22)23-10-16(18)20(25)24(11)2/h3-9,11H,10H2,1-2H3. The summed E-state index contributed by atoms with van der Waals surface area (Å²) in [6.45, 7) is 2.38. The normalized spacial score (nSPS) is 19.5. The van der Waals surface area contributed by atoms with Gasteiger partial charge in [0.1, 0.15) is 0 Å². The van der Waals surface area contributed by atoms with Crippen LogP contribution in [0.2, 0.25) is 10.0 Å². The molecule has 2 aromatic carbocycles. The molecule has 2 aliphatic heterocycles. The molecule has 1 unspecified atom stereocenters. The van der Waals surface area contributed by atoms with Crippen LogP contribution in [-0.4, -0.2) is 36.2 Å². The number of benzene rings is 2. The first-order valence-corrected chi connectivity index (χ1v) is 8.84. The van der Waals surface area contributed by atoms with Gasteiger partial charge in [-0.05, 0) is 36.3 Å². The summed E-state index contributed by atoms with van der Waals surface area (Å²) in [5, 5.41) is 1.26. The summed E-state index contributed by atoms with van der Waals surface area (Å²) in [5.74, 6) is 0.0348. The van der Waals surface area contributed by atoms with Gasteiger partial charge in [0.05, 0.1) is 18.3 Å². The Bertz CT molecular complexity index is 962. The molecule has 0 radical (unpaired) electrons. The predicted molar refractivity (Wildman–Crippen MR) is 103 cm³/mol. The maximum Gasteiger partial charge on any atom is 0.252 e. The van der Waals surface area contributed by atoms with Crippen LogP contribution in [0, 0.1) is 0 Å². The molecule has 2 aromatic rings. The Labute approximate surface area is 156 Å². The molecule has 0 fully saturated rings. The molecule has 0 saturated carbocycles. The van der Waals surface area contributed by atoms with Crippen molar-refractivity contribution in [2.45, 2.75) is 13.0 Å². The fourth-order valence-electron chi connectivity index (χ4n) is 3.56. The Morgan fingerprint density at radius 3 is 2.60 bits per heavy atom. The molecular weight excluding hydrogens is 355 g/mol. The number of amides is 1. The summed E-state index contributed by atoms with van der Waals surface area (Å²) in [6, 6.07) is 13.4. The first-order chi connectivity index (χ1) is 12.0.